The number of nitrogens with zero attached hydrogens (tertiary/aromatic N) is 4. The van der Waals surface area contributed by atoms with Crippen LogP contribution in [0.4, 0.5) is 19.0 Å². The van der Waals surface area contributed by atoms with E-state index in [1.54, 1.807) is 41.5 Å². The summed E-state index contributed by atoms with van der Waals surface area (Å²) in [6, 6.07) is 3.47. The summed E-state index contributed by atoms with van der Waals surface area (Å²) in [5.74, 6) is 0.227. The molecule has 0 spiro atoms. The van der Waals surface area contributed by atoms with Gasteiger partial charge in [-0.3, -0.25) is 0 Å². The smallest absolute Gasteiger partial charge is 0.344 e. The van der Waals surface area contributed by atoms with E-state index in [1.165, 1.54) is 4.90 Å². The number of imidazole rings is 1. The van der Waals surface area contributed by atoms with Crippen LogP contribution in [0.25, 0.3) is 16.6 Å². The maximum absolute atomic E-state index is 13.4. The lowest BCUT2D eigenvalue weighted by molar-refractivity contribution is -0.146. The highest BCUT2D eigenvalue weighted by molar-refractivity contribution is 6.45. The molecular weight excluding hydrogens is 388 g/mol. The second kappa shape index (κ2) is 6.32. The number of fused-ring (bicyclic) bond motifs is 1. The van der Waals surface area contributed by atoms with E-state index in [1.807, 2.05) is 0 Å². The number of anilines is 1. The van der Waals surface area contributed by atoms with Crippen molar-refractivity contribution in [1.82, 2.24) is 14.5 Å². The Morgan fingerprint density at radius 1 is 1.19 bits per heavy atom. The van der Waals surface area contributed by atoms with Gasteiger partial charge in [0, 0.05) is 30.4 Å². The summed E-state index contributed by atoms with van der Waals surface area (Å²) in [5.41, 5.74) is 1.02. The van der Waals surface area contributed by atoms with Crippen LogP contribution in [0.15, 0.2) is 36.9 Å². The van der Waals surface area contributed by atoms with Crippen molar-refractivity contribution >= 4 is 39.9 Å². The first kappa shape index (κ1) is 17.4. The molecule has 9 heteroatoms. The second-order valence-electron chi connectivity index (χ2n) is 6.12. The Bertz CT molecular complexity index is 957. The second-order valence-corrected chi connectivity index (χ2v) is 6.91. The normalized spacial score (nSPS) is 18.0. The first-order chi connectivity index (χ1) is 12.4. The Kier molecular flexibility index (Phi) is 4.23. The SMILES string of the molecule is FC(F)(F)[C@@H]1CCCN1c1cc(-n2ccnc2)c2ccc(Cl)c(Cl)c2n1. The molecule has 0 saturated carbocycles. The highest BCUT2D eigenvalue weighted by Crippen LogP contribution is 2.39. The number of pyridine rings is 1. The summed E-state index contributed by atoms with van der Waals surface area (Å²) < 4.78 is 41.9. The summed E-state index contributed by atoms with van der Waals surface area (Å²) in [4.78, 5) is 9.73. The fraction of sp³-hybridized carbons (Fsp3) is 0.294. The lowest BCUT2D eigenvalue weighted by Crippen LogP contribution is -2.41. The maximum atomic E-state index is 13.4. The van der Waals surface area contributed by atoms with Gasteiger partial charge in [-0.25, -0.2) is 9.97 Å². The standard InChI is InChI=1S/C17H13Cl2F3N4/c18-11-4-3-10-12(25-7-5-23-9-25)8-14(24-16(10)15(11)19)26-6-1-2-13(26)17(20,21)22/h3-5,7-9,13H,1-2,6H2/t13-/m0/s1. The number of aromatic nitrogens is 3. The molecule has 3 aromatic rings. The minimum absolute atomic E-state index is 0.0485. The van der Waals surface area contributed by atoms with Gasteiger partial charge in [-0.15, -0.1) is 0 Å². The molecule has 0 aliphatic carbocycles. The van der Waals surface area contributed by atoms with E-state index in [0.717, 1.165) is 0 Å². The largest absolute Gasteiger partial charge is 0.408 e. The number of hydrogen-bond donors (Lipinski definition) is 0. The highest BCUT2D eigenvalue weighted by atomic mass is 35.5. The number of hydrogen-bond acceptors (Lipinski definition) is 3. The minimum atomic E-state index is -4.32. The molecule has 1 aliphatic heterocycles. The molecule has 4 rings (SSSR count). The molecule has 26 heavy (non-hydrogen) atoms. The molecule has 2 aromatic heterocycles. The van der Waals surface area contributed by atoms with Crippen molar-refractivity contribution in [2.75, 3.05) is 11.4 Å². The van der Waals surface area contributed by atoms with Gasteiger partial charge in [-0.05, 0) is 25.0 Å². The number of alkyl halides is 3. The van der Waals surface area contributed by atoms with Gasteiger partial charge in [-0.1, -0.05) is 23.2 Å². The lowest BCUT2D eigenvalue weighted by atomic mass is 10.1. The molecule has 1 saturated heterocycles. The van der Waals surface area contributed by atoms with Gasteiger partial charge in [0.2, 0.25) is 0 Å². The number of rotatable bonds is 2. The van der Waals surface area contributed by atoms with Crippen LogP contribution < -0.4 is 4.90 Å². The third-order valence-electron chi connectivity index (χ3n) is 4.54. The van der Waals surface area contributed by atoms with Crippen LogP contribution in [-0.2, 0) is 0 Å². The van der Waals surface area contributed by atoms with Crippen LogP contribution in [0.5, 0.6) is 0 Å². The van der Waals surface area contributed by atoms with Crippen LogP contribution >= 0.6 is 23.2 Å². The van der Waals surface area contributed by atoms with Crippen LogP contribution in [0, 0.1) is 0 Å². The van der Waals surface area contributed by atoms with E-state index in [-0.39, 0.29) is 23.8 Å². The average Bonchev–Trinajstić information content (AvgIpc) is 3.28. The monoisotopic (exact) mass is 400 g/mol. The molecule has 0 bridgehead atoms. The molecular formula is C17H13Cl2F3N4. The lowest BCUT2D eigenvalue weighted by Gasteiger charge is -2.28. The van der Waals surface area contributed by atoms with Crippen molar-refractivity contribution in [2.24, 2.45) is 0 Å². The quantitative estimate of drug-likeness (QED) is 0.588. The first-order valence-corrected chi connectivity index (χ1v) is 8.72. The van der Waals surface area contributed by atoms with Crippen molar-refractivity contribution in [2.45, 2.75) is 25.1 Å². The summed E-state index contributed by atoms with van der Waals surface area (Å²) >= 11 is 12.4. The van der Waals surface area contributed by atoms with E-state index < -0.39 is 12.2 Å². The van der Waals surface area contributed by atoms with Crippen molar-refractivity contribution in [1.29, 1.82) is 0 Å². The summed E-state index contributed by atoms with van der Waals surface area (Å²) in [6.07, 6.45) is 1.07. The number of halogens is 5. The van der Waals surface area contributed by atoms with Crippen LogP contribution in [0.2, 0.25) is 10.0 Å². The van der Waals surface area contributed by atoms with Crippen molar-refractivity contribution < 1.29 is 13.2 Å². The molecule has 1 aromatic carbocycles. The Morgan fingerprint density at radius 3 is 2.69 bits per heavy atom. The third kappa shape index (κ3) is 2.89. The summed E-state index contributed by atoms with van der Waals surface area (Å²) in [7, 11) is 0. The number of benzene rings is 1. The molecule has 0 unspecified atom stereocenters. The predicted octanol–water partition coefficient (Wildman–Crippen LogP) is 5.26. The van der Waals surface area contributed by atoms with E-state index in [2.05, 4.69) is 9.97 Å². The Hall–Kier alpha value is -1.99. The van der Waals surface area contributed by atoms with Gasteiger partial charge in [0.05, 0.1) is 27.6 Å². The van der Waals surface area contributed by atoms with E-state index in [0.29, 0.717) is 28.0 Å². The van der Waals surface area contributed by atoms with Gasteiger partial charge < -0.3 is 9.47 Å². The first-order valence-electron chi connectivity index (χ1n) is 7.96. The molecule has 3 heterocycles. The van der Waals surface area contributed by atoms with Crippen molar-refractivity contribution in [3.05, 3.63) is 47.0 Å². The zero-order valence-electron chi connectivity index (χ0n) is 13.3. The van der Waals surface area contributed by atoms with Gasteiger partial charge >= 0.3 is 6.18 Å². The molecule has 1 fully saturated rings. The molecule has 136 valence electrons. The van der Waals surface area contributed by atoms with Crippen LogP contribution in [-0.4, -0.2) is 33.3 Å². The molecule has 0 radical (unpaired) electrons. The Balaban J connectivity index is 1.95. The molecule has 1 atom stereocenters. The molecule has 0 N–H and O–H groups in total. The topological polar surface area (TPSA) is 34.0 Å². The van der Waals surface area contributed by atoms with Gasteiger partial charge in [0.15, 0.2) is 0 Å². The average molecular weight is 401 g/mol. The minimum Gasteiger partial charge on any atom is -0.344 e. The summed E-state index contributed by atoms with van der Waals surface area (Å²) in [6.45, 7) is 0.282. The van der Waals surface area contributed by atoms with Crippen molar-refractivity contribution in [3.8, 4) is 5.69 Å². The zero-order valence-corrected chi connectivity index (χ0v) is 14.9. The fourth-order valence-corrected chi connectivity index (χ4v) is 3.71. The van der Waals surface area contributed by atoms with E-state index >= 15 is 0 Å². The van der Waals surface area contributed by atoms with E-state index in [4.69, 9.17) is 23.2 Å². The van der Waals surface area contributed by atoms with Crippen LogP contribution in [0.3, 0.4) is 0 Å². The van der Waals surface area contributed by atoms with Gasteiger partial charge in [-0.2, -0.15) is 13.2 Å². The highest BCUT2D eigenvalue weighted by Gasteiger charge is 2.46. The maximum Gasteiger partial charge on any atom is 0.408 e. The van der Waals surface area contributed by atoms with Crippen LogP contribution in [0.1, 0.15) is 12.8 Å². The Morgan fingerprint density at radius 2 is 2.00 bits per heavy atom. The molecule has 0 amide bonds. The zero-order chi connectivity index (χ0) is 18.5. The molecule has 1 aliphatic rings. The Labute approximate surface area is 157 Å². The fourth-order valence-electron chi connectivity index (χ4n) is 3.35. The summed E-state index contributed by atoms with van der Waals surface area (Å²) in [5, 5.41) is 1.20. The predicted molar refractivity (Wildman–Crippen MR) is 95.3 cm³/mol. The van der Waals surface area contributed by atoms with E-state index in [9.17, 15) is 13.2 Å². The molecule has 4 nitrogen and oxygen atoms in total. The van der Waals surface area contributed by atoms with Gasteiger partial charge in [0.1, 0.15) is 11.9 Å². The van der Waals surface area contributed by atoms with Gasteiger partial charge in [0.25, 0.3) is 0 Å². The van der Waals surface area contributed by atoms with Crippen molar-refractivity contribution in [3.63, 3.8) is 0 Å². The third-order valence-corrected chi connectivity index (χ3v) is 5.34.